The molecule has 2 aromatic rings. The Balaban J connectivity index is 1.90. The van der Waals surface area contributed by atoms with Gasteiger partial charge in [-0.25, -0.2) is 13.6 Å². The molecule has 0 saturated heterocycles. The van der Waals surface area contributed by atoms with E-state index in [1.807, 2.05) is 6.07 Å². The number of sulfonamides is 1. The lowest BCUT2D eigenvalue weighted by atomic mass is 10.2. The van der Waals surface area contributed by atoms with Gasteiger partial charge in [0, 0.05) is 12.7 Å². The molecular formula is C16H16N4O4S. The van der Waals surface area contributed by atoms with Crippen LogP contribution in [0.3, 0.4) is 0 Å². The average molecular weight is 360 g/mol. The second-order valence-electron chi connectivity index (χ2n) is 5.00. The number of benzene rings is 1. The van der Waals surface area contributed by atoms with E-state index in [9.17, 15) is 13.2 Å². The van der Waals surface area contributed by atoms with Gasteiger partial charge in [0.05, 0.1) is 17.7 Å². The fourth-order valence-corrected chi connectivity index (χ4v) is 2.41. The van der Waals surface area contributed by atoms with Gasteiger partial charge in [0.1, 0.15) is 17.4 Å². The van der Waals surface area contributed by atoms with Crippen molar-refractivity contribution >= 4 is 15.9 Å². The molecule has 25 heavy (non-hydrogen) atoms. The molecule has 2 rings (SSSR count). The monoisotopic (exact) mass is 360 g/mol. The maximum absolute atomic E-state index is 11.9. The quantitative estimate of drug-likeness (QED) is 0.492. The summed E-state index contributed by atoms with van der Waals surface area (Å²) in [6, 6.07) is 11.2. The van der Waals surface area contributed by atoms with Gasteiger partial charge < -0.3 is 15.1 Å². The molecule has 130 valence electrons. The van der Waals surface area contributed by atoms with Crippen molar-refractivity contribution in [2.45, 2.75) is 18.0 Å². The molecule has 9 heteroatoms. The largest absolute Gasteiger partial charge is 0.467 e. The van der Waals surface area contributed by atoms with Crippen molar-refractivity contribution in [2.24, 2.45) is 5.14 Å². The van der Waals surface area contributed by atoms with Crippen molar-refractivity contribution in [3.05, 3.63) is 65.8 Å². The van der Waals surface area contributed by atoms with E-state index in [2.05, 4.69) is 10.6 Å². The summed E-state index contributed by atoms with van der Waals surface area (Å²) in [6.07, 6.45) is 2.79. The lowest BCUT2D eigenvalue weighted by molar-refractivity contribution is -0.117. The summed E-state index contributed by atoms with van der Waals surface area (Å²) in [4.78, 5) is 11.9. The summed E-state index contributed by atoms with van der Waals surface area (Å²) in [5, 5.41) is 19.5. The molecule has 1 aromatic heterocycles. The van der Waals surface area contributed by atoms with Crippen LogP contribution in [0.2, 0.25) is 0 Å². The van der Waals surface area contributed by atoms with Crippen LogP contribution in [-0.2, 0) is 27.9 Å². The van der Waals surface area contributed by atoms with E-state index in [1.165, 1.54) is 24.6 Å². The summed E-state index contributed by atoms with van der Waals surface area (Å²) >= 11 is 0. The topological polar surface area (TPSA) is 138 Å². The maximum Gasteiger partial charge on any atom is 0.263 e. The smallest absolute Gasteiger partial charge is 0.263 e. The van der Waals surface area contributed by atoms with Gasteiger partial charge in [-0.15, -0.1) is 0 Å². The zero-order valence-electron chi connectivity index (χ0n) is 13.1. The van der Waals surface area contributed by atoms with E-state index in [-0.39, 0.29) is 17.0 Å². The molecular weight excluding hydrogens is 344 g/mol. The van der Waals surface area contributed by atoms with Crippen molar-refractivity contribution < 1.29 is 17.6 Å². The molecule has 0 bridgehead atoms. The summed E-state index contributed by atoms with van der Waals surface area (Å²) in [6.45, 7) is 0.488. The van der Waals surface area contributed by atoms with Crippen LogP contribution in [0.25, 0.3) is 0 Å². The molecule has 0 aliphatic rings. The fraction of sp³-hybridized carbons (Fsp3) is 0.125. The molecule has 0 atom stereocenters. The molecule has 0 saturated carbocycles. The third-order valence-electron chi connectivity index (χ3n) is 3.17. The van der Waals surface area contributed by atoms with Crippen LogP contribution in [0.5, 0.6) is 0 Å². The second-order valence-corrected chi connectivity index (χ2v) is 6.56. The molecule has 0 radical (unpaired) electrons. The first-order chi connectivity index (χ1) is 11.9. The molecule has 1 aromatic carbocycles. The third-order valence-corrected chi connectivity index (χ3v) is 4.10. The Bertz CT molecular complexity index is 895. The van der Waals surface area contributed by atoms with Crippen LogP contribution in [0.15, 0.2) is 63.7 Å². The van der Waals surface area contributed by atoms with Crippen molar-refractivity contribution in [1.29, 1.82) is 5.26 Å². The molecule has 0 unspecified atom stereocenters. The number of hydrogen-bond acceptors (Lipinski definition) is 6. The van der Waals surface area contributed by atoms with Crippen molar-refractivity contribution in [2.75, 3.05) is 0 Å². The SMILES string of the molecule is N#C/C(=C/NCc1ccc(S(N)(=O)=O)cc1)C(=O)NCc1ccco1. The van der Waals surface area contributed by atoms with E-state index < -0.39 is 15.9 Å². The zero-order valence-corrected chi connectivity index (χ0v) is 13.9. The van der Waals surface area contributed by atoms with Gasteiger partial charge in [-0.2, -0.15) is 5.26 Å². The van der Waals surface area contributed by atoms with E-state index >= 15 is 0 Å². The van der Waals surface area contributed by atoms with Crippen LogP contribution >= 0.6 is 0 Å². The first-order valence-electron chi connectivity index (χ1n) is 7.16. The molecule has 0 aliphatic carbocycles. The number of amides is 1. The minimum Gasteiger partial charge on any atom is -0.467 e. The van der Waals surface area contributed by atoms with Crippen LogP contribution in [0.1, 0.15) is 11.3 Å². The Morgan fingerprint density at radius 2 is 1.96 bits per heavy atom. The number of hydrogen-bond donors (Lipinski definition) is 3. The molecule has 8 nitrogen and oxygen atoms in total. The predicted molar refractivity (Wildman–Crippen MR) is 88.9 cm³/mol. The van der Waals surface area contributed by atoms with E-state index in [1.54, 1.807) is 24.3 Å². The minimum atomic E-state index is -3.73. The number of nitrogens with one attached hydrogen (secondary N) is 2. The van der Waals surface area contributed by atoms with Crippen LogP contribution in [0.4, 0.5) is 0 Å². The summed E-state index contributed by atoms with van der Waals surface area (Å²) < 4.78 is 27.4. The molecule has 4 N–H and O–H groups in total. The number of nitriles is 1. The Hall–Kier alpha value is -3.09. The maximum atomic E-state index is 11.9. The zero-order chi connectivity index (χ0) is 18.3. The highest BCUT2D eigenvalue weighted by Gasteiger charge is 2.09. The van der Waals surface area contributed by atoms with Crippen LogP contribution in [0, 0.1) is 11.3 Å². The van der Waals surface area contributed by atoms with Gasteiger partial charge in [0.25, 0.3) is 5.91 Å². The van der Waals surface area contributed by atoms with Crippen molar-refractivity contribution in [3.63, 3.8) is 0 Å². The van der Waals surface area contributed by atoms with Gasteiger partial charge in [-0.3, -0.25) is 4.79 Å². The highest BCUT2D eigenvalue weighted by molar-refractivity contribution is 7.89. The van der Waals surface area contributed by atoms with Gasteiger partial charge in [-0.1, -0.05) is 12.1 Å². The Labute approximate surface area is 145 Å². The normalized spacial score (nSPS) is 11.6. The summed E-state index contributed by atoms with van der Waals surface area (Å²) in [5.74, 6) is 0.0458. The van der Waals surface area contributed by atoms with Crippen molar-refractivity contribution in [1.82, 2.24) is 10.6 Å². The Kier molecular flexibility index (Phi) is 5.94. The highest BCUT2D eigenvalue weighted by Crippen LogP contribution is 2.08. The lowest BCUT2D eigenvalue weighted by Gasteiger charge is -2.05. The molecule has 0 fully saturated rings. The number of carbonyl (C=O) groups excluding carboxylic acids is 1. The lowest BCUT2D eigenvalue weighted by Crippen LogP contribution is -2.25. The number of furan rings is 1. The molecule has 1 heterocycles. The number of primary sulfonamides is 1. The highest BCUT2D eigenvalue weighted by atomic mass is 32.2. The average Bonchev–Trinajstić information content (AvgIpc) is 3.10. The van der Waals surface area contributed by atoms with Gasteiger partial charge in [-0.05, 0) is 29.8 Å². The van der Waals surface area contributed by atoms with Crippen LogP contribution in [-0.4, -0.2) is 14.3 Å². The van der Waals surface area contributed by atoms with Gasteiger partial charge in [0.15, 0.2) is 0 Å². The fourth-order valence-electron chi connectivity index (χ4n) is 1.89. The molecule has 0 aliphatic heterocycles. The Morgan fingerprint density at radius 3 is 2.52 bits per heavy atom. The first-order valence-corrected chi connectivity index (χ1v) is 8.71. The summed E-state index contributed by atoms with van der Waals surface area (Å²) in [5.41, 5.74) is 0.671. The number of rotatable bonds is 7. The first kappa shape index (κ1) is 18.3. The predicted octanol–water partition coefficient (Wildman–Crippen LogP) is 0.740. The molecule has 1 amide bonds. The summed E-state index contributed by atoms with van der Waals surface area (Å²) in [7, 11) is -3.73. The standard InChI is InChI=1S/C16H16N4O4S/c17-8-13(16(21)20-11-14-2-1-7-24-14)10-19-9-12-3-5-15(6-4-12)25(18,22)23/h1-7,10,19H,9,11H2,(H,20,21)(H2,18,22,23)/b13-10-. The number of carbonyl (C=O) groups is 1. The Morgan fingerprint density at radius 1 is 1.24 bits per heavy atom. The third kappa shape index (κ3) is 5.49. The van der Waals surface area contributed by atoms with Gasteiger partial charge >= 0.3 is 0 Å². The number of nitrogens with two attached hydrogens (primary N) is 1. The van der Waals surface area contributed by atoms with Crippen molar-refractivity contribution in [3.8, 4) is 6.07 Å². The second kappa shape index (κ2) is 8.14. The van der Waals surface area contributed by atoms with E-state index in [4.69, 9.17) is 14.8 Å². The van der Waals surface area contributed by atoms with Gasteiger partial charge in [0.2, 0.25) is 10.0 Å². The molecule has 0 spiro atoms. The van der Waals surface area contributed by atoms with E-state index in [0.717, 1.165) is 5.56 Å². The minimum absolute atomic E-state index is 0.0156. The number of nitrogens with zero attached hydrogens (tertiary/aromatic N) is 1. The van der Waals surface area contributed by atoms with Crippen LogP contribution < -0.4 is 15.8 Å². The van der Waals surface area contributed by atoms with E-state index in [0.29, 0.717) is 12.3 Å².